The van der Waals surface area contributed by atoms with Gasteiger partial charge < -0.3 is 9.64 Å². The van der Waals surface area contributed by atoms with E-state index in [1.165, 1.54) is 11.8 Å². The van der Waals surface area contributed by atoms with Crippen LogP contribution < -0.4 is 4.90 Å². The Kier molecular flexibility index (Phi) is 4.56. The number of amidine groups is 1. The van der Waals surface area contributed by atoms with Gasteiger partial charge in [0.2, 0.25) is 0 Å². The van der Waals surface area contributed by atoms with Crippen molar-refractivity contribution in [2.75, 3.05) is 23.0 Å². The predicted octanol–water partition coefficient (Wildman–Crippen LogP) is 2.12. The number of ether oxygens (including phenoxy) is 1. The Morgan fingerprint density at radius 3 is 2.92 bits per heavy atom. The topological polar surface area (TPSA) is 76.0 Å². The van der Waals surface area contributed by atoms with Crippen LogP contribution in [0.5, 0.6) is 0 Å². The van der Waals surface area contributed by atoms with E-state index in [0.29, 0.717) is 23.2 Å². The number of benzene rings is 1. The molecule has 3 saturated heterocycles. The van der Waals surface area contributed by atoms with Gasteiger partial charge in [0.1, 0.15) is 6.10 Å². The average Bonchev–Trinajstić information content (AvgIpc) is 3.21. The van der Waals surface area contributed by atoms with Gasteiger partial charge in [-0.1, -0.05) is 29.4 Å². The number of anilines is 1. The first-order valence-electron chi connectivity index (χ1n) is 8.09. The van der Waals surface area contributed by atoms with Crippen LogP contribution in [0.4, 0.5) is 5.69 Å². The number of fused-ring (bicyclic) bond motifs is 1. The predicted molar refractivity (Wildman–Crippen MR) is 99.2 cm³/mol. The highest BCUT2D eigenvalue weighted by Crippen LogP contribution is 2.41. The van der Waals surface area contributed by atoms with Crippen LogP contribution >= 0.6 is 23.4 Å². The molecule has 3 fully saturated rings. The lowest BCUT2D eigenvalue weighted by Crippen LogP contribution is -2.38. The second-order valence-electron chi connectivity index (χ2n) is 6.38. The second kappa shape index (κ2) is 6.57. The minimum absolute atomic E-state index is 0.0598. The molecule has 9 heteroatoms. The van der Waals surface area contributed by atoms with Crippen molar-refractivity contribution in [3.8, 4) is 0 Å². The first-order chi connectivity index (χ1) is 11.9. The second-order valence-corrected chi connectivity index (χ2v) is 10.2. The van der Waals surface area contributed by atoms with E-state index in [1.807, 2.05) is 11.0 Å². The highest BCUT2D eigenvalue weighted by molar-refractivity contribution is 8.16. The molecule has 0 spiro atoms. The van der Waals surface area contributed by atoms with Crippen LogP contribution in [0, 0.1) is 0 Å². The molecular formula is C16H17ClN2O4S2. The van der Waals surface area contributed by atoms with Crippen LogP contribution in [-0.2, 0) is 19.4 Å². The number of halogens is 1. The van der Waals surface area contributed by atoms with E-state index in [0.717, 1.165) is 12.1 Å². The summed E-state index contributed by atoms with van der Waals surface area (Å²) < 4.78 is 29.5. The minimum atomic E-state index is -3.08. The van der Waals surface area contributed by atoms with Crippen molar-refractivity contribution in [1.29, 1.82) is 0 Å². The molecule has 0 unspecified atom stereocenters. The third kappa shape index (κ3) is 3.45. The van der Waals surface area contributed by atoms with Gasteiger partial charge in [0.15, 0.2) is 15.0 Å². The quantitative estimate of drug-likeness (QED) is 0.756. The van der Waals surface area contributed by atoms with E-state index >= 15 is 0 Å². The highest BCUT2D eigenvalue weighted by atomic mass is 35.5. The van der Waals surface area contributed by atoms with E-state index in [-0.39, 0.29) is 28.7 Å². The SMILES string of the molecule is O=C(N=C1S[C@@H]2CS(=O)(=O)C[C@H]2N1c1cccc(Cl)c1)[C@H]1CCCO1. The monoisotopic (exact) mass is 400 g/mol. The molecule has 0 saturated carbocycles. The maximum absolute atomic E-state index is 12.4. The Morgan fingerprint density at radius 1 is 1.36 bits per heavy atom. The summed E-state index contributed by atoms with van der Waals surface area (Å²) in [5, 5.41) is 0.962. The zero-order valence-electron chi connectivity index (χ0n) is 13.3. The summed E-state index contributed by atoms with van der Waals surface area (Å²) >= 11 is 7.46. The van der Waals surface area contributed by atoms with Gasteiger partial charge in [-0.25, -0.2) is 8.42 Å². The van der Waals surface area contributed by atoms with Crippen LogP contribution in [0.3, 0.4) is 0 Å². The van der Waals surface area contributed by atoms with Gasteiger partial charge in [-0.2, -0.15) is 4.99 Å². The standard InChI is InChI=1S/C16H17ClN2O4S2/c17-10-3-1-4-11(7-10)19-12-8-25(21,22)9-14(12)24-16(19)18-15(20)13-5-2-6-23-13/h1,3-4,7,12-14H,2,5-6,8-9H2/t12-,13-,14-/m1/s1. The molecule has 0 radical (unpaired) electrons. The van der Waals surface area contributed by atoms with E-state index in [2.05, 4.69) is 4.99 Å². The maximum Gasteiger partial charge on any atom is 0.277 e. The smallest absolute Gasteiger partial charge is 0.277 e. The maximum atomic E-state index is 12.4. The molecule has 1 aromatic rings. The molecule has 3 atom stereocenters. The van der Waals surface area contributed by atoms with Crippen molar-refractivity contribution in [2.24, 2.45) is 4.99 Å². The first-order valence-corrected chi connectivity index (χ1v) is 11.2. The molecule has 25 heavy (non-hydrogen) atoms. The fraction of sp³-hybridized carbons (Fsp3) is 0.500. The number of thioether (sulfide) groups is 1. The van der Waals surface area contributed by atoms with Gasteiger partial charge in [-0.15, -0.1) is 0 Å². The van der Waals surface area contributed by atoms with E-state index in [4.69, 9.17) is 16.3 Å². The Morgan fingerprint density at radius 2 is 2.20 bits per heavy atom. The number of sulfone groups is 1. The van der Waals surface area contributed by atoms with Gasteiger partial charge in [0, 0.05) is 22.6 Å². The summed E-state index contributed by atoms with van der Waals surface area (Å²) in [6.07, 6.45) is 1.05. The molecule has 0 aliphatic carbocycles. The van der Waals surface area contributed by atoms with Crippen molar-refractivity contribution in [1.82, 2.24) is 0 Å². The molecule has 3 aliphatic rings. The van der Waals surface area contributed by atoms with Gasteiger partial charge >= 0.3 is 0 Å². The summed E-state index contributed by atoms with van der Waals surface area (Å²) in [4.78, 5) is 18.5. The third-order valence-electron chi connectivity index (χ3n) is 4.56. The van der Waals surface area contributed by atoms with Gasteiger partial charge in [0.25, 0.3) is 5.91 Å². The molecule has 0 bridgehead atoms. The lowest BCUT2D eigenvalue weighted by molar-refractivity contribution is -0.126. The Labute approximate surface area is 155 Å². The lowest BCUT2D eigenvalue weighted by atomic mass is 10.2. The largest absolute Gasteiger partial charge is 0.368 e. The molecule has 6 nitrogen and oxygen atoms in total. The molecule has 3 aliphatic heterocycles. The summed E-state index contributed by atoms with van der Waals surface area (Å²) in [6, 6.07) is 6.95. The van der Waals surface area contributed by atoms with Crippen LogP contribution in [0.1, 0.15) is 12.8 Å². The van der Waals surface area contributed by atoms with Crippen LogP contribution in [0.2, 0.25) is 5.02 Å². The lowest BCUT2D eigenvalue weighted by Gasteiger charge is -2.24. The van der Waals surface area contributed by atoms with Crippen molar-refractivity contribution >= 4 is 50.0 Å². The van der Waals surface area contributed by atoms with E-state index in [1.54, 1.807) is 18.2 Å². The molecule has 0 N–H and O–H groups in total. The number of carbonyl (C=O) groups is 1. The normalized spacial score (nSPS) is 32.3. The van der Waals surface area contributed by atoms with E-state index in [9.17, 15) is 13.2 Å². The highest BCUT2D eigenvalue weighted by Gasteiger charge is 2.49. The molecule has 1 amide bonds. The summed E-state index contributed by atoms with van der Waals surface area (Å²) in [5.41, 5.74) is 0.753. The Bertz CT molecular complexity index is 836. The van der Waals surface area contributed by atoms with Crippen LogP contribution in [0.15, 0.2) is 29.3 Å². The van der Waals surface area contributed by atoms with Crippen LogP contribution in [0.25, 0.3) is 0 Å². The minimum Gasteiger partial charge on any atom is -0.368 e. The van der Waals surface area contributed by atoms with E-state index < -0.39 is 15.9 Å². The fourth-order valence-electron chi connectivity index (χ4n) is 3.43. The molecule has 134 valence electrons. The zero-order valence-corrected chi connectivity index (χ0v) is 15.7. The Balaban J connectivity index is 1.69. The average molecular weight is 401 g/mol. The molecule has 1 aromatic carbocycles. The number of nitrogens with zero attached hydrogens (tertiary/aromatic N) is 2. The fourth-order valence-corrected chi connectivity index (χ4v) is 7.53. The summed E-state index contributed by atoms with van der Waals surface area (Å²) in [6.45, 7) is 0.579. The number of hydrogen-bond acceptors (Lipinski definition) is 5. The first kappa shape index (κ1) is 17.3. The number of hydrogen-bond donors (Lipinski definition) is 0. The van der Waals surface area contributed by atoms with Gasteiger partial charge in [-0.3, -0.25) is 4.79 Å². The van der Waals surface area contributed by atoms with Gasteiger partial charge in [-0.05, 0) is 31.0 Å². The molecule has 0 aromatic heterocycles. The number of amides is 1. The van der Waals surface area contributed by atoms with Crippen molar-refractivity contribution in [2.45, 2.75) is 30.2 Å². The van der Waals surface area contributed by atoms with Gasteiger partial charge in [0.05, 0.1) is 17.5 Å². The van der Waals surface area contributed by atoms with Crippen molar-refractivity contribution in [3.63, 3.8) is 0 Å². The van der Waals surface area contributed by atoms with Crippen molar-refractivity contribution < 1.29 is 17.9 Å². The van der Waals surface area contributed by atoms with Crippen molar-refractivity contribution in [3.05, 3.63) is 29.3 Å². The molecular weight excluding hydrogens is 384 g/mol. The molecule has 3 heterocycles. The third-order valence-corrected chi connectivity index (χ3v) is 8.01. The zero-order chi connectivity index (χ0) is 17.6. The Hall–Kier alpha value is -1.09. The molecule has 4 rings (SSSR count). The summed E-state index contributed by atoms with van der Waals surface area (Å²) in [7, 11) is -3.08. The summed E-state index contributed by atoms with van der Waals surface area (Å²) in [5.74, 6) is -0.133. The number of carbonyl (C=O) groups excluding carboxylic acids is 1. The van der Waals surface area contributed by atoms with Crippen LogP contribution in [-0.4, -0.2) is 55.0 Å². The number of aliphatic imine (C=N–C) groups is 1. The number of rotatable bonds is 2.